The number of aliphatic hydroxyl groups is 1. The number of nitrogens with zero attached hydrogens (tertiary/aromatic N) is 1. The van der Waals surface area contributed by atoms with Crippen LogP contribution in [0.15, 0.2) is 24.3 Å². The van der Waals surface area contributed by atoms with E-state index in [-0.39, 0.29) is 5.91 Å². The molecule has 110 valence electrons. The topological polar surface area (TPSA) is 40.5 Å². The molecule has 3 nitrogen and oxygen atoms in total. The maximum atomic E-state index is 12.1. The lowest BCUT2D eigenvalue weighted by atomic mass is 10.0. The van der Waals surface area contributed by atoms with Crippen molar-refractivity contribution in [2.75, 3.05) is 13.6 Å². The van der Waals surface area contributed by atoms with Crippen LogP contribution in [-0.2, 0) is 11.2 Å². The molecular weight excluding hydrogens is 250 g/mol. The summed E-state index contributed by atoms with van der Waals surface area (Å²) in [6.45, 7) is 2.53. The second-order valence-corrected chi connectivity index (χ2v) is 6.17. The summed E-state index contributed by atoms with van der Waals surface area (Å²) in [5.41, 5.74) is 1.78. The Hall–Kier alpha value is -1.35. The third-order valence-corrected chi connectivity index (χ3v) is 4.24. The third-order valence-electron chi connectivity index (χ3n) is 4.24. The zero-order valence-electron chi connectivity index (χ0n) is 12.6. The van der Waals surface area contributed by atoms with Gasteiger partial charge in [-0.3, -0.25) is 4.79 Å². The monoisotopic (exact) mass is 275 g/mol. The van der Waals surface area contributed by atoms with Crippen molar-refractivity contribution in [2.45, 2.75) is 51.0 Å². The Kier molecular flexibility index (Phi) is 4.81. The molecule has 2 rings (SSSR count). The van der Waals surface area contributed by atoms with Crippen molar-refractivity contribution in [1.82, 2.24) is 4.90 Å². The van der Waals surface area contributed by atoms with Crippen LogP contribution in [-0.4, -0.2) is 35.1 Å². The fourth-order valence-corrected chi connectivity index (χ4v) is 2.92. The molecule has 20 heavy (non-hydrogen) atoms. The maximum absolute atomic E-state index is 12.1. The van der Waals surface area contributed by atoms with Crippen LogP contribution < -0.4 is 0 Å². The molecule has 1 fully saturated rings. The minimum absolute atomic E-state index is 0.117. The zero-order chi connectivity index (χ0) is 14.6. The molecule has 0 aliphatic heterocycles. The van der Waals surface area contributed by atoms with Crippen LogP contribution in [0.25, 0.3) is 0 Å². The largest absolute Gasteiger partial charge is 0.388 e. The molecule has 1 N–H and O–H groups in total. The predicted octanol–water partition coefficient (Wildman–Crippen LogP) is 2.69. The normalized spacial score (nSPS) is 17.1. The SMILES string of the molecule is Cc1ccc(CCC(=O)N(C)CC2(O)CCCC2)cc1. The molecule has 0 heterocycles. The highest BCUT2D eigenvalue weighted by Gasteiger charge is 2.33. The second-order valence-electron chi connectivity index (χ2n) is 6.17. The smallest absolute Gasteiger partial charge is 0.222 e. The third kappa shape index (κ3) is 4.07. The van der Waals surface area contributed by atoms with E-state index in [4.69, 9.17) is 0 Å². The van der Waals surface area contributed by atoms with Crippen LogP contribution in [0.2, 0.25) is 0 Å². The number of likely N-dealkylation sites (N-methyl/N-ethyl adjacent to an activating group) is 1. The van der Waals surface area contributed by atoms with Gasteiger partial charge in [-0.1, -0.05) is 42.7 Å². The summed E-state index contributed by atoms with van der Waals surface area (Å²) in [6.07, 6.45) is 5.06. The number of amides is 1. The molecule has 0 aromatic heterocycles. The fraction of sp³-hybridized carbons (Fsp3) is 0.588. The van der Waals surface area contributed by atoms with Gasteiger partial charge in [0, 0.05) is 20.0 Å². The highest BCUT2D eigenvalue weighted by Crippen LogP contribution is 2.30. The van der Waals surface area contributed by atoms with Gasteiger partial charge in [0.25, 0.3) is 0 Å². The van der Waals surface area contributed by atoms with Crippen molar-refractivity contribution >= 4 is 5.91 Å². The van der Waals surface area contributed by atoms with Gasteiger partial charge in [0.05, 0.1) is 5.60 Å². The van der Waals surface area contributed by atoms with Crippen molar-refractivity contribution in [1.29, 1.82) is 0 Å². The molecule has 1 amide bonds. The van der Waals surface area contributed by atoms with Gasteiger partial charge in [-0.05, 0) is 31.7 Å². The molecule has 3 heteroatoms. The van der Waals surface area contributed by atoms with E-state index >= 15 is 0 Å². The Morgan fingerprint density at radius 2 is 1.85 bits per heavy atom. The molecular formula is C17H25NO2. The molecule has 1 aliphatic carbocycles. The van der Waals surface area contributed by atoms with E-state index in [0.29, 0.717) is 13.0 Å². The maximum Gasteiger partial charge on any atom is 0.222 e. The van der Waals surface area contributed by atoms with Crippen molar-refractivity contribution in [2.24, 2.45) is 0 Å². The number of aryl methyl sites for hydroxylation is 2. The van der Waals surface area contributed by atoms with Gasteiger partial charge in [-0.2, -0.15) is 0 Å². The van der Waals surface area contributed by atoms with Crippen LogP contribution in [0.5, 0.6) is 0 Å². The number of carbonyl (C=O) groups excluding carboxylic acids is 1. The Labute approximate surface area is 121 Å². The first kappa shape index (κ1) is 15.0. The second kappa shape index (κ2) is 6.40. The van der Waals surface area contributed by atoms with Crippen molar-refractivity contribution in [3.05, 3.63) is 35.4 Å². The summed E-state index contributed by atoms with van der Waals surface area (Å²) in [4.78, 5) is 13.8. The lowest BCUT2D eigenvalue weighted by Crippen LogP contribution is -2.42. The summed E-state index contributed by atoms with van der Waals surface area (Å²) < 4.78 is 0. The van der Waals surface area contributed by atoms with Gasteiger partial charge in [0.1, 0.15) is 0 Å². The summed E-state index contributed by atoms with van der Waals surface area (Å²) in [6, 6.07) is 8.30. The van der Waals surface area contributed by atoms with E-state index in [1.807, 2.05) is 0 Å². The number of hydrogen-bond acceptors (Lipinski definition) is 2. The van der Waals surface area contributed by atoms with Crippen LogP contribution >= 0.6 is 0 Å². The number of carbonyl (C=O) groups is 1. The average Bonchev–Trinajstić information content (AvgIpc) is 2.84. The molecule has 0 spiro atoms. The highest BCUT2D eigenvalue weighted by molar-refractivity contribution is 5.76. The van der Waals surface area contributed by atoms with E-state index in [0.717, 1.165) is 32.1 Å². The standard InChI is InChI=1S/C17H25NO2/c1-14-5-7-15(8-6-14)9-10-16(19)18(2)13-17(20)11-3-4-12-17/h5-8,20H,3-4,9-13H2,1-2H3. The zero-order valence-corrected chi connectivity index (χ0v) is 12.6. The molecule has 0 saturated heterocycles. The summed E-state index contributed by atoms with van der Waals surface area (Å²) >= 11 is 0. The van der Waals surface area contributed by atoms with Crippen LogP contribution in [0.1, 0.15) is 43.2 Å². The van der Waals surface area contributed by atoms with Gasteiger partial charge in [0.15, 0.2) is 0 Å². The average molecular weight is 275 g/mol. The quantitative estimate of drug-likeness (QED) is 0.897. The summed E-state index contributed by atoms with van der Waals surface area (Å²) in [5, 5.41) is 10.3. The van der Waals surface area contributed by atoms with E-state index in [2.05, 4.69) is 31.2 Å². The van der Waals surface area contributed by atoms with Crippen LogP contribution in [0.3, 0.4) is 0 Å². The minimum Gasteiger partial charge on any atom is -0.388 e. The van der Waals surface area contributed by atoms with Gasteiger partial charge in [-0.25, -0.2) is 0 Å². The number of hydrogen-bond donors (Lipinski definition) is 1. The van der Waals surface area contributed by atoms with E-state index < -0.39 is 5.60 Å². The molecule has 0 bridgehead atoms. The van der Waals surface area contributed by atoms with Crippen LogP contribution in [0.4, 0.5) is 0 Å². The molecule has 0 radical (unpaired) electrons. The van der Waals surface area contributed by atoms with E-state index in [9.17, 15) is 9.90 Å². The lowest BCUT2D eigenvalue weighted by molar-refractivity contribution is -0.133. The Morgan fingerprint density at radius 3 is 2.45 bits per heavy atom. The van der Waals surface area contributed by atoms with Crippen molar-refractivity contribution in [3.63, 3.8) is 0 Å². The Bertz CT molecular complexity index is 447. The predicted molar refractivity (Wildman–Crippen MR) is 80.6 cm³/mol. The number of rotatable bonds is 5. The van der Waals surface area contributed by atoms with E-state index in [1.54, 1.807) is 11.9 Å². The summed E-state index contributed by atoms with van der Waals surface area (Å²) in [5.74, 6) is 0.117. The van der Waals surface area contributed by atoms with Gasteiger partial charge in [-0.15, -0.1) is 0 Å². The van der Waals surface area contributed by atoms with Crippen LogP contribution in [0, 0.1) is 6.92 Å². The summed E-state index contributed by atoms with van der Waals surface area (Å²) in [7, 11) is 1.80. The molecule has 1 saturated carbocycles. The molecule has 0 atom stereocenters. The Morgan fingerprint density at radius 1 is 1.25 bits per heavy atom. The fourth-order valence-electron chi connectivity index (χ4n) is 2.92. The minimum atomic E-state index is -0.645. The van der Waals surface area contributed by atoms with Gasteiger partial charge >= 0.3 is 0 Å². The first-order valence-electron chi connectivity index (χ1n) is 7.50. The molecule has 1 aromatic rings. The highest BCUT2D eigenvalue weighted by atomic mass is 16.3. The molecule has 1 aromatic carbocycles. The first-order valence-corrected chi connectivity index (χ1v) is 7.50. The van der Waals surface area contributed by atoms with Gasteiger partial charge in [0.2, 0.25) is 5.91 Å². The molecule has 1 aliphatic rings. The van der Waals surface area contributed by atoms with E-state index in [1.165, 1.54) is 11.1 Å². The number of benzene rings is 1. The molecule has 0 unspecified atom stereocenters. The van der Waals surface area contributed by atoms with Crippen molar-refractivity contribution in [3.8, 4) is 0 Å². The Balaban J connectivity index is 1.80. The van der Waals surface area contributed by atoms with Crippen molar-refractivity contribution < 1.29 is 9.90 Å². The lowest BCUT2D eigenvalue weighted by Gasteiger charge is -2.28. The first-order chi connectivity index (χ1) is 9.48. The van der Waals surface area contributed by atoms with Gasteiger partial charge < -0.3 is 10.0 Å².